The van der Waals surface area contributed by atoms with E-state index in [1.165, 1.54) is 10.6 Å². The first-order valence-corrected chi connectivity index (χ1v) is 9.37. The van der Waals surface area contributed by atoms with E-state index in [2.05, 4.69) is 10.5 Å². The van der Waals surface area contributed by atoms with Crippen molar-refractivity contribution in [1.29, 1.82) is 0 Å². The number of rotatable bonds is 8. The number of sulfonamides is 1. The quantitative estimate of drug-likeness (QED) is 0.711. The molecule has 0 fully saturated rings. The molecular weight excluding hydrogens is 320 g/mol. The summed E-state index contributed by atoms with van der Waals surface area (Å²) < 4.78 is 29.4. The largest absolute Gasteiger partial charge is 0.361 e. The zero-order valence-electron chi connectivity index (χ0n) is 14.4. The van der Waals surface area contributed by atoms with Crippen molar-refractivity contribution in [3.05, 3.63) is 17.0 Å². The van der Waals surface area contributed by atoms with Crippen molar-refractivity contribution in [3.8, 4) is 0 Å². The van der Waals surface area contributed by atoms with Crippen molar-refractivity contribution < 1.29 is 17.7 Å². The summed E-state index contributed by atoms with van der Waals surface area (Å²) in [7, 11) is -1.49. The molecule has 23 heavy (non-hydrogen) atoms. The van der Waals surface area contributed by atoms with Gasteiger partial charge in [-0.1, -0.05) is 12.1 Å². The minimum atomic E-state index is -3.18. The molecule has 0 bridgehead atoms. The van der Waals surface area contributed by atoms with E-state index in [0.717, 1.165) is 11.3 Å². The van der Waals surface area contributed by atoms with Gasteiger partial charge in [0.15, 0.2) is 0 Å². The number of nitrogens with zero attached hydrogens (tertiary/aromatic N) is 3. The Labute approximate surface area is 137 Å². The van der Waals surface area contributed by atoms with Gasteiger partial charge in [-0.2, -0.15) is 0 Å². The maximum atomic E-state index is 12.0. The van der Waals surface area contributed by atoms with Crippen LogP contribution in [0.1, 0.15) is 30.4 Å². The Kier molecular flexibility index (Phi) is 7.01. The summed E-state index contributed by atoms with van der Waals surface area (Å²) >= 11 is 0. The maximum Gasteiger partial charge on any atom is 0.317 e. The molecule has 1 rings (SSSR count). The molecule has 1 heterocycles. The zero-order valence-corrected chi connectivity index (χ0v) is 15.2. The molecule has 0 aromatic carbocycles. The van der Waals surface area contributed by atoms with Gasteiger partial charge in [-0.15, -0.1) is 0 Å². The van der Waals surface area contributed by atoms with Gasteiger partial charge >= 0.3 is 6.03 Å². The number of hydrogen-bond donors (Lipinski definition) is 1. The molecule has 1 aromatic heterocycles. The van der Waals surface area contributed by atoms with Crippen LogP contribution in [0.5, 0.6) is 0 Å². The van der Waals surface area contributed by atoms with Crippen LogP contribution in [0.4, 0.5) is 4.79 Å². The van der Waals surface area contributed by atoms with Crippen LogP contribution in [0.15, 0.2) is 4.52 Å². The summed E-state index contributed by atoms with van der Waals surface area (Å²) in [4.78, 5) is 13.6. The summed E-state index contributed by atoms with van der Waals surface area (Å²) in [6.07, 6.45) is 1.75. The summed E-state index contributed by atoms with van der Waals surface area (Å²) in [6.45, 7) is 7.08. The van der Waals surface area contributed by atoms with Crippen molar-refractivity contribution in [1.82, 2.24) is 19.7 Å². The number of nitrogens with one attached hydrogen (secondary N) is 1. The van der Waals surface area contributed by atoms with Crippen LogP contribution in [0.3, 0.4) is 0 Å². The van der Waals surface area contributed by atoms with Crippen LogP contribution < -0.4 is 5.32 Å². The summed E-state index contributed by atoms with van der Waals surface area (Å²) in [6, 6.07) is -0.215. The predicted octanol–water partition coefficient (Wildman–Crippen LogP) is 1.10. The number of amides is 2. The van der Waals surface area contributed by atoms with E-state index in [1.807, 2.05) is 13.8 Å². The van der Waals surface area contributed by atoms with E-state index in [-0.39, 0.29) is 6.03 Å². The number of carbonyl (C=O) groups excluding carboxylic acids is 1. The molecule has 0 aliphatic rings. The van der Waals surface area contributed by atoms with Crippen LogP contribution in [-0.4, -0.2) is 61.7 Å². The van der Waals surface area contributed by atoms with E-state index in [1.54, 1.807) is 18.9 Å². The number of hydrogen-bond acceptors (Lipinski definition) is 5. The van der Waals surface area contributed by atoms with Gasteiger partial charge in [-0.3, -0.25) is 0 Å². The molecule has 1 N–H and O–H groups in total. The van der Waals surface area contributed by atoms with Gasteiger partial charge in [0, 0.05) is 32.2 Å². The first kappa shape index (κ1) is 19.4. The minimum Gasteiger partial charge on any atom is -0.361 e. The molecule has 2 amide bonds. The van der Waals surface area contributed by atoms with Gasteiger partial charge in [-0.25, -0.2) is 17.5 Å². The molecule has 0 spiro atoms. The molecule has 0 radical (unpaired) electrons. The number of aryl methyl sites for hydroxylation is 2. The van der Waals surface area contributed by atoms with Crippen LogP contribution >= 0.6 is 0 Å². The highest BCUT2D eigenvalue weighted by molar-refractivity contribution is 7.88. The van der Waals surface area contributed by atoms with Crippen LogP contribution in [0.25, 0.3) is 0 Å². The predicted molar refractivity (Wildman–Crippen MR) is 87.6 cm³/mol. The monoisotopic (exact) mass is 346 g/mol. The SMILES string of the molecule is CCN(CCCNC(=O)N(C)Cc1c(C)noc1C)S(C)(=O)=O. The molecule has 0 aliphatic heterocycles. The lowest BCUT2D eigenvalue weighted by atomic mass is 10.2. The zero-order chi connectivity index (χ0) is 17.6. The Morgan fingerprint density at radius 3 is 2.48 bits per heavy atom. The highest BCUT2D eigenvalue weighted by Crippen LogP contribution is 2.14. The van der Waals surface area contributed by atoms with E-state index < -0.39 is 10.0 Å². The Morgan fingerprint density at radius 2 is 2.00 bits per heavy atom. The molecule has 0 saturated carbocycles. The summed E-state index contributed by atoms with van der Waals surface area (Å²) in [5, 5.41) is 6.64. The average molecular weight is 346 g/mol. The van der Waals surface area contributed by atoms with Gasteiger partial charge in [0.1, 0.15) is 5.76 Å². The number of carbonyl (C=O) groups is 1. The van der Waals surface area contributed by atoms with Gasteiger partial charge in [0.05, 0.1) is 18.5 Å². The Hall–Kier alpha value is -1.61. The lowest BCUT2D eigenvalue weighted by molar-refractivity contribution is 0.206. The van der Waals surface area contributed by atoms with Gasteiger partial charge < -0.3 is 14.7 Å². The molecular formula is C14H26N4O4S. The van der Waals surface area contributed by atoms with Crippen LogP contribution in [0.2, 0.25) is 0 Å². The second-order valence-corrected chi connectivity index (χ2v) is 7.48. The molecule has 1 aromatic rings. The normalized spacial score (nSPS) is 11.7. The van der Waals surface area contributed by atoms with Crippen molar-refractivity contribution in [2.45, 2.75) is 33.7 Å². The lowest BCUT2D eigenvalue weighted by Crippen LogP contribution is -2.39. The van der Waals surface area contributed by atoms with Crippen molar-refractivity contribution >= 4 is 16.1 Å². The van der Waals surface area contributed by atoms with Crippen LogP contribution in [0, 0.1) is 13.8 Å². The summed E-state index contributed by atoms with van der Waals surface area (Å²) in [5.41, 5.74) is 1.67. The van der Waals surface area contributed by atoms with E-state index in [9.17, 15) is 13.2 Å². The first-order valence-electron chi connectivity index (χ1n) is 7.52. The summed E-state index contributed by atoms with van der Waals surface area (Å²) in [5.74, 6) is 0.703. The Bertz CT molecular complexity index is 607. The molecule has 9 heteroatoms. The Morgan fingerprint density at radius 1 is 1.35 bits per heavy atom. The molecule has 0 aliphatic carbocycles. The maximum absolute atomic E-state index is 12.0. The van der Waals surface area contributed by atoms with E-state index >= 15 is 0 Å². The highest BCUT2D eigenvalue weighted by atomic mass is 32.2. The fourth-order valence-corrected chi connectivity index (χ4v) is 3.11. The van der Waals surface area contributed by atoms with Gasteiger partial charge in [0.25, 0.3) is 0 Å². The molecule has 0 unspecified atom stereocenters. The van der Waals surface area contributed by atoms with E-state index in [0.29, 0.717) is 38.4 Å². The fourth-order valence-electron chi connectivity index (χ4n) is 2.18. The van der Waals surface area contributed by atoms with Crippen molar-refractivity contribution in [2.75, 3.05) is 32.9 Å². The lowest BCUT2D eigenvalue weighted by Gasteiger charge is -2.20. The smallest absolute Gasteiger partial charge is 0.317 e. The van der Waals surface area contributed by atoms with Gasteiger partial charge in [-0.05, 0) is 20.3 Å². The molecule has 0 saturated heterocycles. The second-order valence-electron chi connectivity index (χ2n) is 5.50. The third-order valence-electron chi connectivity index (χ3n) is 3.61. The first-order chi connectivity index (χ1) is 10.7. The number of aromatic nitrogens is 1. The van der Waals surface area contributed by atoms with E-state index in [4.69, 9.17) is 4.52 Å². The van der Waals surface area contributed by atoms with Crippen molar-refractivity contribution in [2.24, 2.45) is 0 Å². The average Bonchev–Trinajstić information content (AvgIpc) is 2.77. The number of urea groups is 1. The minimum absolute atomic E-state index is 0.215. The third-order valence-corrected chi connectivity index (χ3v) is 4.98. The van der Waals surface area contributed by atoms with Crippen LogP contribution in [-0.2, 0) is 16.6 Å². The third kappa shape index (κ3) is 5.83. The standard InChI is InChI=1S/C14H26N4O4S/c1-6-18(23(5,20)21)9-7-8-15-14(19)17(4)10-13-11(2)16-22-12(13)3/h6-10H2,1-5H3,(H,15,19). The Balaban J connectivity index is 2.39. The van der Waals surface area contributed by atoms with Crippen molar-refractivity contribution in [3.63, 3.8) is 0 Å². The fraction of sp³-hybridized carbons (Fsp3) is 0.714. The van der Waals surface area contributed by atoms with Gasteiger partial charge in [0.2, 0.25) is 10.0 Å². The molecule has 132 valence electrons. The second kappa shape index (κ2) is 8.30. The molecule has 8 nitrogen and oxygen atoms in total. The molecule has 0 atom stereocenters. The highest BCUT2D eigenvalue weighted by Gasteiger charge is 2.16. The topological polar surface area (TPSA) is 95.8 Å².